The number of aromatic nitrogens is 2. The fourth-order valence-electron chi connectivity index (χ4n) is 6.86. The molecule has 8 heteroatoms. The van der Waals surface area contributed by atoms with Gasteiger partial charge >= 0.3 is 0 Å². The number of benzene rings is 1. The minimum absolute atomic E-state index is 0.172. The molecule has 0 amide bonds. The number of nitrogens with zero attached hydrogens (tertiary/aromatic N) is 1. The van der Waals surface area contributed by atoms with Gasteiger partial charge in [0.25, 0.3) is 5.56 Å². The molecule has 2 aromatic heterocycles. The number of pyridine rings is 1. The number of fused-ring (bicyclic) bond motifs is 1. The zero-order chi connectivity index (χ0) is 25.5. The summed E-state index contributed by atoms with van der Waals surface area (Å²) in [6, 6.07) is 6.80. The molecule has 174 valence electrons. The van der Waals surface area contributed by atoms with Gasteiger partial charge in [-0.05, 0) is 80.5 Å². The lowest BCUT2D eigenvalue weighted by molar-refractivity contribution is -0.107. The van der Waals surface area contributed by atoms with Crippen LogP contribution in [0.5, 0.6) is 5.75 Å². The highest BCUT2D eigenvalue weighted by atomic mass is 32.2. The number of anilines is 1. The molecule has 4 bridgehead atoms. The number of hydrogen-bond acceptors (Lipinski definition) is 4. The summed E-state index contributed by atoms with van der Waals surface area (Å²) >= 11 is 0. The predicted octanol–water partition coefficient (Wildman–Crippen LogP) is 4.25. The van der Waals surface area contributed by atoms with Crippen LogP contribution in [0.2, 0.25) is 0 Å². The third kappa shape index (κ3) is 3.64. The van der Waals surface area contributed by atoms with Crippen molar-refractivity contribution in [3.8, 4) is 16.9 Å². The molecule has 4 saturated carbocycles. The molecule has 0 unspecified atom stereocenters. The number of sulfonamides is 1. The maximum Gasteiger partial charge on any atom is 0.274 e. The van der Waals surface area contributed by atoms with Crippen molar-refractivity contribution in [3.05, 3.63) is 47.0 Å². The molecule has 4 aliphatic rings. The Morgan fingerprint density at radius 3 is 2.45 bits per heavy atom. The van der Waals surface area contributed by atoms with Gasteiger partial charge in [0.2, 0.25) is 10.0 Å². The molecule has 0 radical (unpaired) electrons. The Bertz CT molecular complexity index is 1490. The zero-order valence-electron chi connectivity index (χ0n) is 21.4. The van der Waals surface area contributed by atoms with Crippen molar-refractivity contribution in [2.24, 2.45) is 24.7 Å². The molecule has 33 heavy (non-hydrogen) atoms. The van der Waals surface area contributed by atoms with E-state index in [1.807, 2.05) is 0 Å². The zero-order valence-corrected chi connectivity index (χ0v) is 19.2. The summed E-state index contributed by atoms with van der Waals surface area (Å²) in [4.78, 5) is 15.8. The quantitative estimate of drug-likeness (QED) is 0.583. The van der Waals surface area contributed by atoms with Crippen LogP contribution in [-0.2, 0) is 17.0 Å². The molecule has 0 aliphatic heterocycles. The first-order valence-electron chi connectivity index (χ1n) is 12.9. The van der Waals surface area contributed by atoms with Crippen molar-refractivity contribution in [1.82, 2.24) is 9.55 Å². The first-order chi connectivity index (χ1) is 16.9. The standard InChI is InChI=1S/C25H29N3O4S/c1-28-14-21(19-5-6-26-23(19)24(28)29)20-10-18(27-33(2,30)31)3-4-22(20)32-25-11-15-7-16(12-25)9-17(8-15)13-25/h3-6,10,14-17,26-27H,7-9,11-13H2,1-2H3/i1D3. The number of nitrogens with one attached hydrogen (secondary N) is 2. The molecule has 2 N–H and O–H groups in total. The van der Waals surface area contributed by atoms with Crippen LogP contribution in [0.15, 0.2) is 41.5 Å². The average molecular weight is 471 g/mol. The van der Waals surface area contributed by atoms with Crippen LogP contribution in [-0.4, -0.2) is 29.8 Å². The van der Waals surface area contributed by atoms with E-state index >= 15 is 0 Å². The summed E-state index contributed by atoms with van der Waals surface area (Å²) in [6.07, 6.45) is 10.8. The van der Waals surface area contributed by atoms with Crippen LogP contribution in [0.4, 0.5) is 5.69 Å². The van der Waals surface area contributed by atoms with Crippen molar-refractivity contribution in [2.45, 2.75) is 44.1 Å². The highest BCUT2D eigenvalue weighted by Gasteiger charge is 2.52. The van der Waals surface area contributed by atoms with E-state index in [9.17, 15) is 13.2 Å². The normalized spacial score (nSPS) is 30.1. The summed E-state index contributed by atoms with van der Waals surface area (Å²) in [6.45, 7) is -2.69. The van der Waals surface area contributed by atoms with E-state index in [0.717, 1.165) is 30.1 Å². The van der Waals surface area contributed by atoms with E-state index in [-0.39, 0.29) is 11.1 Å². The summed E-state index contributed by atoms with van der Waals surface area (Å²) in [5.41, 5.74) is 0.616. The second kappa shape index (κ2) is 7.13. The Kier molecular flexibility index (Phi) is 3.82. The molecular formula is C25H29N3O4S. The van der Waals surface area contributed by atoms with Gasteiger partial charge in [0, 0.05) is 45.7 Å². The molecule has 2 heterocycles. The fourth-order valence-corrected chi connectivity index (χ4v) is 7.41. The van der Waals surface area contributed by atoms with E-state index in [1.165, 1.54) is 25.5 Å². The van der Waals surface area contributed by atoms with Gasteiger partial charge in [-0.25, -0.2) is 8.42 Å². The first kappa shape index (κ1) is 17.7. The SMILES string of the molecule is [2H]C([2H])([2H])n1cc(-c2cc(NS(C)(=O)=O)ccc2OC23CC4CC(CC(C4)C2)C3)c2cc[nH]c2c1=O. The minimum atomic E-state index is -3.54. The van der Waals surface area contributed by atoms with Crippen LogP contribution < -0.4 is 15.0 Å². The Labute approximate surface area is 197 Å². The summed E-state index contributed by atoms with van der Waals surface area (Å²) in [7, 11) is -3.54. The number of hydrogen-bond donors (Lipinski definition) is 2. The third-order valence-electron chi connectivity index (χ3n) is 7.61. The third-order valence-corrected chi connectivity index (χ3v) is 8.22. The number of aryl methyl sites for hydroxylation is 1. The highest BCUT2D eigenvalue weighted by Crippen LogP contribution is 2.57. The molecule has 1 aromatic carbocycles. The van der Waals surface area contributed by atoms with Gasteiger partial charge < -0.3 is 14.3 Å². The predicted molar refractivity (Wildman–Crippen MR) is 129 cm³/mol. The van der Waals surface area contributed by atoms with E-state index in [0.29, 0.717) is 45.7 Å². The maximum atomic E-state index is 12.9. The average Bonchev–Trinajstić information content (AvgIpc) is 3.23. The van der Waals surface area contributed by atoms with Crippen molar-refractivity contribution in [3.63, 3.8) is 0 Å². The van der Waals surface area contributed by atoms with Gasteiger partial charge in [-0.3, -0.25) is 9.52 Å². The molecule has 0 atom stereocenters. The van der Waals surface area contributed by atoms with Crippen molar-refractivity contribution < 1.29 is 17.3 Å². The van der Waals surface area contributed by atoms with Gasteiger partial charge in [-0.2, -0.15) is 0 Å². The lowest BCUT2D eigenvalue weighted by Gasteiger charge is -2.56. The Hall–Kier alpha value is -2.74. The van der Waals surface area contributed by atoms with E-state index in [1.54, 1.807) is 30.5 Å². The van der Waals surface area contributed by atoms with Crippen molar-refractivity contribution in [1.29, 1.82) is 0 Å². The van der Waals surface area contributed by atoms with Gasteiger partial charge in [-0.1, -0.05) is 0 Å². The van der Waals surface area contributed by atoms with Crippen LogP contribution in [0.3, 0.4) is 0 Å². The number of ether oxygens (including phenoxy) is 1. The first-order valence-corrected chi connectivity index (χ1v) is 13.3. The smallest absolute Gasteiger partial charge is 0.274 e. The van der Waals surface area contributed by atoms with E-state index in [4.69, 9.17) is 8.85 Å². The molecule has 4 fully saturated rings. The molecule has 0 spiro atoms. The van der Waals surface area contributed by atoms with Crippen LogP contribution in [0.25, 0.3) is 22.0 Å². The van der Waals surface area contributed by atoms with Crippen LogP contribution in [0.1, 0.15) is 42.6 Å². The number of aromatic amines is 1. The maximum absolute atomic E-state index is 12.9. The van der Waals surface area contributed by atoms with Crippen LogP contribution >= 0.6 is 0 Å². The summed E-state index contributed by atoms with van der Waals surface area (Å²) in [5, 5.41) is 0.548. The molecule has 7 nitrogen and oxygen atoms in total. The molecule has 0 saturated heterocycles. The molecular weight excluding hydrogens is 438 g/mol. The van der Waals surface area contributed by atoms with Gasteiger partial charge in [0.15, 0.2) is 0 Å². The number of rotatable bonds is 5. The molecule has 7 rings (SSSR count). The highest BCUT2D eigenvalue weighted by molar-refractivity contribution is 7.92. The van der Waals surface area contributed by atoms with Gasteiger partial charge in [0.05, 0.1) is 6.26 Å². The van der Waals surface area contributed by atoms with Gasteiger partial charge in [-0.15, -0.1) is 0 Å². The Morgan fingerprint density at radius 2 is 1.82 bits per heavy atom. The fraction of sp³-hybridized carbons (Fsp3) is 0.480. The second-order valence-electron chi connectivity index (χ2n) is 10.3. The van der Waals surface area contributed by atoms with Crippen molar-refractivity contribution >= 4 is 26.6 Å². The molecule has 3 aromatic rings. The number of H-pyrrole nitrogens is 1. The monoisotopic (exact) mass is 470 g/mol. The topological polar surface area (TPSA) is 93.2 Å². The van der Waals surface area contributed by atoms with Gasteiger partial charge in [0.1, 0.15) is 16.9 Å². The van der Waals surface area contributed by atoms with E-state index < -0.39 is 22.6 Å². The molecule has 4 aliphatic carbocycles. The summed E-state index contributed by atoms with van der Waals surface area (Å²) in [5.74, 6) is 2.56. The minimum Gasteiger partial charge on any atom is -0.487 e. The van der Waals surface area contributed by atoms with Crippen LogP contribution in [0, 0.1) is 17.8 Å². The Morgan fingerprint density at radius 1 is 1.12 bits per heavy atom. The second-order valence-corrected chi connectivity index (χ2v) is 12.0. The largest absolute Gasteiger partial charge is 0.487 e. The Balaban J connectivity index is 1.53. The lowest BCUT2D eigenvalue weighted by atomic mass is 9.54. The van der Waals surface area contributed by atoms with E-state index in [2.05, 4.69) is 9.71 Å². The summed E-state index contributed by atoms with van der Waals surface area (Å²) < 4.78 is 57.7. The van der Waals surface area contributed by atoms with Crippen molar-refractivity contribution in [2.75, 3.05) is 11.0 Å². The lowest BCUT2D eigenvalue weighted by Crippen LogP contribution is -2.53.